The number of fused-ring (bicyclic) bond motifs is 5. The molecule has 4 rings (SSSR count). The molecular weight excluding hydrogens is 442 g/mol. The molecule has 0 radical (unpaired) electrons. The van der Waals surface area contributed by atoms with Gasteiger partial charge in [0.1, 0.15) is 0 Å². The lowest BCUT2D eigenvalue weighted by Gasteiger charge is -2.58. The number of nitrogens with zero attached hydrogens (tertiary/aromatic N) is 1. The van der Waals surface area contributed by atoms with Gasteiger partial charge in [-0.05, 0) is 97.7 Å². The minimum absolute atomic E-state index is 0.252. The molecule has 0 saturated heterocycles. The molecular formula is C31H55N5. The van der Waals surface area contributed by atoms with Crippen LogP contribution in [-0.4, -0.2) is 37.0 Å². The van der Waals surface area contributed by atoms with E-state index < -0.39 is 0 Å². The first kappa shape index (κ1) is 27.5. The van der Waals surface area contributed by atoms with Crippen molar-refractivity contribution in [2.45, 2.75) is 111 Å². The van der Waals surface area contributed by atoms with E-state index in [1.54, 1.807) is 10.5 Å². The number of hydrogen-bond donors (Lipinski definition) is 4. The highest BCUT2D eigenvalue weighted by Crippen LogP contribution is 2.67. The topological polar surface area (TPSA) is 75.0 Å². The van der Waals surface area contributed by atoms with Crippen LogP contribution in [0.4, 0.5) is 0 Å². The SMILES string of the molecule is CC(C)CCC[C@@H](C)[C@H]1CCC2C3CC=C4CC(NC(=N)NC(=N)N(C)C)CC[C@]4(C)C3CC[C@@]21C. The molecule has 3 fully saturated rings. The van der Waals surface area contributed by atoms with E-state index in [-0.39, 0.29) is 11.9 Å². The number of rotatable bonds is 6. The van der Waals surface area contributed by atoms with Crippen LogP contribution in [0.2, 0.25) is 0 Å². The smallest absolute Gasteiger partial charge is 0.197 e. The van der Waals surface area contributed by atoms with E-state index in [2.05, 4.69) is 51.3 Å². The van der Waals surface area contributed by atoms with Gasteiger partial charge in [-0.2, -0.15) is 0 Å². The Bertz CT molecular complexity index is 846. The quantitative estimate of drug-likeness (QED) is 0.181. The van der Waals surface area contributed by atoms with Crippen LogP contribution in [0.15, 0.2) is 11.6 Å². The molecule has 8 atom stereocenters. The summed E-state index contributed by atoms with van der Waals surface area (Å²) >= 11 is 0. The average molecular weight is 498 g/mol. The zero-order valence-electron chi connectivity index (χ0n) is 24.3. The zero-order valence-corrected chi connectivity index (χ0v) is 24.3. The Morgan fingerprint density at radius 2 is 1.78 bits per heavy atom. The largest absolute Gasteiger partial charge is 0.353 e. The van der Waals surface area contributed by atoms with Crippen molar-refractivity contribution in [2.75, 3.05) is 14.1 Å². The molecule has 0 spiro atoms. The summed E-state index contributed by atoms with van der Waals surface area (Å²) in [6.07, 6.45) is 17.3. The van der Waals surface area contributed by atoms with Crippen molar-refractivity contribution in [3.63, 3.8) is 0 Å². The van der Waals surface area contributed by atoms with Crippen molar-refractivity contribution in [2.24, 2.45) is 46.3 Å². The summed E-state index contributed by atoms with van der Waals surface area (Å²) in [6, 6.07) is 0.298. The fraction of sp³-hybridized carbons (Fsp3) is 0.871. The van der Waals surface area contributed by atoms with Gasteiger partial charge in [-0.25, -0.2) is 0 Å². The summed E-state index contributed by atoms with van der Waals surface area (Å²) in [5.74, 6) is 5.76. The van der Waals surface area contributed by atoms with Crippen LogP contribution in [0.5, 0.6) is 0 Å². The van der Waals surface area contributed by atoms with Gasteiger partial charge in [-0.3, -0.25) is 16.1 Å². The van der Waals surface area contributed by atoms with Crippen LogP contribution in [-0.2, 0) is 0 Å². The van der Waals surface area contributed by atoms with E-state index in [1.165, 1.54) is 57.8 Å². The average Bonchev–Trinajstić information content (AvgIpc) is 3.16. The van der Waals surface area contributed by atoms with E-state index in [4.69, 9.17) is 10.8 Å². The van der Waals surface area contributed by atoms with E-state index in [9.17, 15) is 0 Å². The molecule has 0 heterocycles. The molecule has 4 unspecified atom stereocenters. The van der Waals surface area contributed by atoms with Crippen LogP contribution in [0, 0.1) is 57.2 Å². The van der Waals surface area contributed by atoms with E-state index in [0.29, 0.717) is 16.9 Å². The number of nitrogens with one attached hydrogen (secondary N) is 4. The Kier molecular flexibility index (Phi) is 8.17. The minimum Gasteiger partial charge on any atom is -0.353 e. The van der Waals surface area contributed by atoms with Gasteiger partial charge in [0.2, 0.25) is 0 Å². The minimum atomic E-state index is 0.252. The Labute approximate surface area is 221 Å². The van der Waals surface area contributed by atoms with Crippen LogP contribution in [0.3, 0.4) is 0 Å². The van der Waals surface area contributed by atoms with E-state index >= 15 is 0 Å². The van der Waals surface area contributed by atoms with Crippen molar-refractivity contribution in [3.05, 3.63) is 11.6 Å². The first-order valence-electron chi connectivity index (χ1n) is 15.0. The molecule has 204 valence electrons. The maximum Gasteiger partial charge on any atom is 0.197 e. The molecule has 0 aromatic heterocycles. The Morgan fingerprint density at radius 3 is 2.47 bits per heavy atom. The van der Waals surface area contributed by atoms with Gasteiger partial charge >= 0.3 is 0 Å². The third-order valence-corrected chi connectivity index (χ3v) is 11.3. The summed E-state index contributed by atoms with van der Waals surface area (Å²) < 4.78 is 0. The molecule has 0 aromatic rings. The summed E-state index contributed by atoms with van der Waals surface area (Å²) in [7, 11) is 3.65. The van der Waals surface area contributed by atoms with Crippen LogP contribution < -0.4 is 10.6 Å². The zero-order chi connectivity index (χ0) is 26.3. The highest BCUT2D eigenvalue weighted by atomic mass is 15.3. The molecule has 4 aliphatic rings. The number of hydrogen-bond acceptors (Lipinski definition) is 2. The lowest BCUT2D eigenvalue weighted by molar-refractivity contribution is -0.0512. The first-order valence-corrected chi connectivity index (χ1v) is 15.0. The molecule has 0 aromatic carbocycles. The summed E-state index contributed by atoms with van der Waals surface area (Å²) in [4.78, 5) is 1.69. The number of guanidine groups is 2. The maximum absolute atomic E-state index is 8.29. The maximum atomic E-state index is 8.29. The van der Waals surface area contributed by atoms with E-state index in [0.717, 1.165) is 48.3 Å². The van der Waals surface area contributed by atoms with Crippen molar-refractivity contribution in [1.82, 2.24) is 15.5 Å². The van der Waals surface area contributed by atoms with Crippen molar-refractivity contribution in [3.8, 4) is 0 Å². The second-order valence-electron chi connectivity index (χ2n) is 14.1. The molecule has 3 saturated carbocycles. The molecule has 4 N–H and O–H groups in total. The lowest BCUT2D eigenvalue weighted by Crippen LogP contribution is -2.53. The predicted molar refractivity (Wildman–Crippen MR) is 152 cm³/mol. The third-order valence-electron chi connectivity index (χ3n) is 11.3. The Hall–Kier alpha value is -1.52. The molecule has 5 nitrogen and oxygen atoms in total. The first-order chi connectivity index (χ1) is 17.0. The lowest BCUT2D eigenvalue weighted by atomic mass is 9.47. The highest BCUT2D eigenvalue weighted by molar-refractivity contribution is 5.95. The summed E-state index contributed by atoms with van der Waals surface area (Å²) in [5.41, 5.74) is 2.55. The van der Waals surface area contributed by atoms with Gasteiger partial charge in [0.05, 0.1) is 0 Å². The van der Waals surface area contributed by atoms with Gasteiger partial charge in [0.15, 0.2) is 11.9 Å². The van der Waals surface area contributed by atoms with Gasteiger partial charge in [-0.1, -0.05) is 65.5 Å². The molecule has 4 aliphatic carbocycles. The van der Waals surface area contributed by atoms with E-state index in [1.807, 2.05) is 14.1 Å². The second kappa shape index (κ2) is 10.7. The number of allylic oxidation sites excluding steroid dienone is 1. The van der Waals surface area contributed by atoms with Crippen molar-refractivity contribution in [1.29, 1.82) is 10.8 Å². The monoisotopic (exact) mass is 497 g/mol. The van der Waals surface area contributed by atoms with Crippen molar-refractivity contribution < 1.29 is 0 Å². The summed E-state index contributed by atoms with van der Waals surface area (Å²) in [6.45, 7) is 12.6. The molecule has 5 heteroatoms. The fourth-order valence-electron chi connectivity index (χ4n) is 9.28. The van der Waals surface area contributed by atoms with Crippen LogP contribution in [0.25, 0.3) is 0 Å². The Morgan fingerprint density at radius 1 is 1.03 bits per heavy atom. The van der Waals surface area contributed by atoms with Gasteiger partial charge in [-0.15, -0.1) is 0 Å². The fourth-order valence-corrected chi connectivity index (χ4v) is 9.28. The van der Waals surface area contributed by atoms with Crippen LogP contribution >= 0.6 is 0 Å². The van der Waals surface area contributed by atoms with Gasteiger partial charge < -0.3 is 10.2 Å². The molecule has 0 bridgehead atoms. The molecule has 0 amide bonds. The highest BCUT2D eigenvalue weighted by Gasteiger charge is 2.59. The van der Waals surface area contributed by atoms with Crippen molar-refractivity contribution >= 4 is 11.9 Å². The third kappa shape index (κ3) is 5.23. The standard InChI is InChI=1S/C31H55N5/c1-20(2)9-8-10-21(3)25-13-14-26-24-12-11-22-19-23(34-28(32)35-29(33)36(6)7)15-17-30(22,4)27(24)16-18-31(25,26)5/h11,20-21,23-27H,8-10,12-19H2,1-7H3,(H4,32,33,34,35)/t21-,23?,24?,25-,26?,27?,30+,31-/m1/s1. The molecule has 36 heavy (non-hydrogen) atoms. The molecule has 0 aliphatic heterocycles. The predicted octanol–water partition coefficient (Wildman–Crippen LogP) is 7.01. The second-order valence-corrected chi connectivity index (χ2v) is 14.1. The van der Waals surface area contributed by atoms with Gasteiger partial charge in [0.25, 0.3) is 0 Å². The Balaban J connectivity index is 1.40. The summed E-state index contributed by atoms with van der Waals surface area (Å²) in [5, 5.41) is 22.5. The normalized spacial score (nSPS) is 38.3. The van der Waals surface area contributed by atoms with Crippen LogP contribution in [0.1, 0.15) is 105 Å². The van der Waals surface area contributed by atoms with Gasteiger partial charge in [0, 0.05) is 20.1 Å².